The van der Waals surface area contributed by atoms with Crippen molar-refractivity contribution in [1.29, 1.82) is 0 Å². The van der Waals surface area contributed by atoms with Gasteiger partial charge in [-0.25, -0.2) is 4.98 Å². The van der Waals surface area contributed by atoms with Gasteiger partial charge in [0.25, 0.3) is 11.5 Å². The summed E-state index contributed by atoms with van der Waals surface area (Å²) >= 11 is 0. The van der Waals surface area contributed by atoms with Crippen LogP contribution in [0.25, 0.3) is 10.9 Å². The summed E-state index contributed by atoms with van der Waals surface area (Å²) in [6, 6.07) is 6.98. The van der Waals surface area contributed by atoms with E-state index in [1.165, 1.54) is 12.8 Å². The van der Waals surface area contributed by atoms with Gasteiger partial charge in [0.1, 0.15) is 0 Å². The van der Waals surface area contributed by atoms with E-state index in [1.807, 2.05) is 4.90 Å². The van der Waals surface area contributed by atoms with E-state index in [9.17, 15) is 14.4 Å². The topological polar surface area (TPSA) is 86.4 Å². The van der Waals surface area contributed by atoms with Gasteiger partial charge in [-0.15, -0.1) is 0 Å². The number of nitrogens with one attached hydrogen (secondary N) is 1. The number of nitrogens with zero attached hydrogens (tertiary/aromatic N) is 3. The molecule has 1 aromatic carbocycles. The zero-order valence-electron chi connectivity index (χ0n) is 15.8. The average Bonchev–Trinajstić information content (AvgIpc) is 3.42. The Hall–Kier alpha value is -2.70. The first-order valence-corrected chi connectivity index (χ1v) is 10.1. The Labute approximate surface area is 162 Å². The predicted octanol–water partition coefficient (Wildman–Crippen LogP) is 1.79. The van der Waals surface area contributed by atoms with Crippen molar-refractivity contribution in [3.8, 4) is 0 Å². The maximum Gasteiger partial charge on any atom is 0.289 e. The number of para-hydroxylation sites is 1. The molecule has 3 heterocycles. The first kappa shape index (κ1) is 17.4. The van der Waals surface area contributed by atoms with E-state index < -0.39 is 5.41 Å². The highest BCUT2D eigenvalue weighted by Crippen LogP contribution is 2.41. The Balaban J connectivity index is 1.37. The summed E-state index contributed by atoms with van der Waals surface area (Å²) in [5.41, 5.74) is -0.264. The van der Waals surface area contributed by atoms with Crippen LogP contribution in [0.15, 0.2) is 29.1 Å². The quantitative estimate of drug-likeness (QED) is 0.880. The number of fused-ring (bicyclic) bond motifs is 1. The third-order valence-corrected chi connectivity index (χ3v) is 6.46. The van der Waals surface area contributed by atoms with E-state index in [0.717, 1.165) is 25.9 Å². The minimum absolute atomic E-state index is 0.0545. The molecule has 2 aromatic rings. The van der Waals surface area contributed by atoms with Gasteiger partial charge in [0, 0.05) is 26.2 Å². The molecule has 3 fully saturated rings. The van der Waals surface area contributed by atoms with Crippen LogP contribution in [0, 0.1) is 11.3 Å². The summed E-state index contributed by atoms with van der Waals surface area (Å²) in [6.45, 7) is 2.65. The molecule has 1 unspecified atom stereocenters. The molecule has 1 aromatic heterocycles. The van der Waals surface area contributed by atoms with E-state index in [-0.39, 0.29) is 23.2 Å². The Bertz CT molecular complexity index is 1010. The third-order valence-electron chi connectivity index (χ3n) is 6.46. The van der Waals surface area contributed by atoms with Crippen LogP contribution >= 0.6 is 0 Å². The second-order valence-electron chi connectivity index (χ2n) is 8.49. The summed E-state index contributed by atoms with van der Waals surface area (Å²) < 4.78 is 0. The Morgan fingerprint density at radius 1 is 1.18 bits per heavy atom. The van der Waals surface area contributed by atoms with Crippen LogP contribution in [0.1, 0.15) is 42.7 Å². The minimum atomic E-state index is -0.458. The molecule has 1 saturated carbocycles. The first-order chi connectivity index (χ1) is 13.6. The minimum Gasteiger partial charge on any atom is -0.342 e. The highest BCUT2D eigenvalue weighted by Gasteiger charge is 2.50. The van der Waals surface area contributed by atoms with Gasteiger partial charge in [0.2, 0.25) is 5.91 Å². The standard InChI is InChI=1S/C21H24N4O3/c26-18-15-4-1-2-5-16(15)22-17(23-18)19(27)25-11-9-21(13-25)8-3-10-24(20(21)28)12-14-6-7-14/h1-2,4-5,14H,3,6-13H2,(H,22,23,26). The fourth-order valence-electron chi connectivity index (χ4n) is 4.70. The zero-order valence-corrected chi connectivity index (χ0v) is 15.8. The molecule has 0 radical (unpaired) electrons. The van der Waals surface area contributed by atoms with E-state index in [1.54, 1.807) is 29.2 Å². The van der Waals surface area contributed by atoms with Gasteiger partial charge in [0.05, 0.1) is 16.3 Å². The van der Waals surface area contributed by atoms with Crippen molar-refractivity contribution < 1.29 is 9.59 Å². The fourth-order valence-corrected chi connectivity index (χ4v) is 4.70. The molecule has 2 aliphatic heterocycles. The fraction of sp³-hybridized carbons (Fsp3) is 0.524. The van der Waals surface area contributed by atoms with Gasteiger partial charge in [-0.1, -0.05) is 12.1 Å². The number of hydrogen-bond acceptors (Lipinski definition) is 4. The lowest BCUT2D eigenvalue weighted by Gasteiger charge is -2.39. The van der Waals surface area contributed by atoms with E-state index in [2.05, 4.69) is 9.97 Å². The van der Waals surface area contributed by atoms with Crippen LogP contribution in [0.3, 0.4) is 0 Å². The van der Waals surface area contributed by atoms with E-state index >= 15 is 0 Å². The van der Waals surface area contributed by atoms with Crippen LogP contribution in [0.4, 0.5) is 0 Å². The molecule has 0 bridgehead atoms. The number of piperidine rings is 1. The molecule has 1 spiro atoms. The van der Waals surface area contributed by atoms with Crippen molar-refractivity contribution in [1.82, 2.24) is 19.8 Å². The monoisotopic (exact) mass is 380 g/mol. The largest absolute Gasteiger partial charge is 0.342 e. The second-order valence-corrected chi connectivity index (χ2v) is 8.49. The SMILES string of the molecule is O=C(c1nc2ccccc2c(=O)[nH]1)N1CCC2(CCCN(CC3CC3)C2=O)C1. The van der Waals surface area contributed by atoms with E-state index in [0.29, 0.717) is 36.3 Å². The molecular formula is C21H24N4O3. The summed E-state index contributed by atoms with van der Waals surface area (Å²) in [5, 5.41) is 0.468. The normalized spacial score (nSPS) is 25.1. The van der Waals surface area contributed by atoms with Crippen molar-refractivity contribution in [3.63, 3.8) is 0 Å². The van der Waals surface area contributed by atoms with Gasteiger partial charge in [-0.2, -0.15) is 0 Å². The lowest BCUT2D eigenvalue weighted by atomic mass is 9.78. The molecule has 2 amide bonds. The van der Waals surface area contributed by atoms with Crippen molar-refractivity contribution in [2.24, 2.45) is 11.3 Å². The molecule has 5 rings (SSSR count). The second kappa shape index (κ2) is 6.43. The maximum absolute atomic E-state index is 13.2. The number of H-pyrrole nitrogens is 1. The first-order valence-electron chi connectivity index (χ1n) is 10.1. The molecule has 1 N–H and O–H groups in total. The molecule has 3 aliphatic rings. The molecule has 28 heavy (non-hydrogen) atoms. The van der Waals surface area contributed by atoms with Crippen LogP contribution in [-0.2, 0) is 4.79 Å². The number of hydrogen-bond donors (Lipinski definition) is 1. The van der Waals surface area contributed by atoms with Gasteiger partial charge in [-0.3, -0.25) is 14.4 Å². The molecule has 7 heteroatoms. The van der Waals surface area contributed by atoms with Crippen LogP contribution in [0.5, 0.6) is 0 Å². The van der Waals surface area contributed by atoms with E-state index in [4.69, 9.17) is 0 Å². The highest BCUT2D eigenvalue weighted by molar-refractivity contribution is 5.94. The maximum atomic E-state index is 13.2. The smallest absolute Gasteiger partial charge is 0.289 e. The molecule has 7 nitrogen and oxygen atoms in total. The Morgan fingerprint density at radius 3 is 2.82 bits per heavy atom. The third kappa shape index (κ3) is 2.89. The summed E-state index contributed by atoms with van der Waals surface area (Å²) in [4.78, 5) is 49.1. The van der Waals surface area contributed by atoms with Gasteiger partial charge < -0.3 is 14.8 Å². The van der Waals surface area contributed by atoms with Crippen molar-refractivity contribution in [2.75, 3.05) is 26.2 Å². The van der Waals surface area contributed by atoms with Crippen LogP contribution in [-0.4, -0.2) is 57.8 Å². The number of aromatic nitrogens is 2. The number of carbonyl (C=O) groups is 2. The summed E-state index contributed by atoms with van der Waals surface area (Å²) in [7, 11) is 0. The molecule has 1 atom stereocenters. The summed E-state index contributed by atoms with van der Waals surface area (Å²) in [5.74, 6) is 0.636. The van der Waals surface area contributed by atoms with Crippen molar-refractivity contribution in [3.05, 3.63) is 40.4 Å². The number of benzene rings is 1. The van der Waals surface area contributed by atoms with Crippen molar-refractivity contribution in [2.45, 2.75) is 32.1 Å². The lowest BCUT2D eigenvalue weighted by molar-refractivity contribution is -0.145. The lowest BCUT2D eigenvalue weighted by Crippen LogP contribution is -2.51. The van der Waals surface area contributed by atoms with Gasteiger partial charge in [0.15, 0.2) is 5.82 Å². The molecule has 146 valence electrons. The number of rotatable bonds is 3. The Kier molecular flexibility index (Phi) is 4.00. The number of aromatic amines is 1. The zero-order chi connectivity index (χ0) is 19.3. The number of carbonyl (C=O) groups excluding carboxylic acids is 2. The number of amides is 2. The molecule has 1 aliphatic carbocycles. The van der Waals surface area contributed by atoms with Gasteiger partial charge in [-0.05, 0) is 50.2 Å². The van der Waals surface area contributed by atoms with Crippen molar-refractivity contribution >= 4 is 22.7 Å². The van der Waals surface area contributed by atoms with Crippen LogP contribution in [0.2, 0.25) is 0 Å². The predicted molar refractivity (Wildman–Crippen MR) is 104 cm³/mol. The molecule has 2 saturated heterocycles. The summed E-state index contributed by atoms with van der Waals surface area (Å²) in [6.07, 6.45) is 4.96. The highest BCUT2D eigenvalue weighted by atomic mass is 16.2. The van der Waals surface area contributed by atoms with Gasteiger partial charge >= 0.3 is 0 Å². The average molecular weight is 380 g/mol. The molecular weight excluding hydrogens is 356 g/mol. The van der Waals surface area contributed by atoms with Crippen LogP contribution < -0.4 is 5.56 Å². The Morgan fingerprint density at radius 2 is 2.00 bits per heavy atom. The number of likely N-dealkylation sites (tertiary alicyclic amines) is 2.